The van der Waals surface area contributed by atoms with E-state index in [2.05, 4.69) is 66.0 Å². The van der Waals surface area contributed by atoms with Crippen LogP contribution < -0.4 is 5.32 Å². The number of amides is 2. The molecule has 2 N–H and O–H groups in total. The first-order valence-corrected chi connectivity index (χ1v) is 12.7. The van der Waals surface area contributed by atoms with E-state index in [1.807, 2.05) is 4.90 Å². The van der Waals surface area contributed by atoms with Gasteiger partial charge in [-0.15, -0.1) is 0 Å². The predicted molar refractivity (Wildman–Crippen MR) is 154 cm³/mol. The van der Waals surface area contributed by atoms with Gasteiger partial charge in [0, 0.05) is 19.5 Å². The molecule has 1 aliphatic carbocycles. The lowest BCUT2D eigenvalue weighted by molar-refractivity contribution is -0.131. The molecule has 1 aliphatic heterocycles. The van der Waals surface area contributed by atoms with Crippen LogP contribution in [-0.2, 0) is 9.53 Å². The van der Waals surface area contributed by atoms with E-state index in [0.717, 1.165) is 12.8 Å². The molecule has 2 aromatic rings. The molecule has 0 unspecified atom stereocenters. The average Bonchev–Trinajstić information content (AvgIpc) is 3.02. The molecular weight excluding hydrogens is 484 g/mol. The first-order chi connectivity index (χ1) is 17.2. The van der Waals surface area contributed by atoms with E-state index in [-0.39, 0.29) is 32.4 Å². The molecule has 4 rings (SSSR count). The summed E-state index contributed by atoms with van der Waals surface area (Å²) in [6.07, 6.45) is 6.06. The maximum atomic E-state index is 12.9. The second kappa shape index (κ2) is 12.5. The van der Waals surface area contributed by atoms with Gasteiger partial charge in [0.15, 0.2) is 0 Å². The molecule has 6 nitrogen and oxygen atoms in total. The van der Waals surface area contributed by atoms with Gasteiger partial charge in [0.05, 0.1) is 12.6 Å². The lowest BCUT2D eigenvalue weighted by Gasteiger charge is -2.31. The van der Waals surface area contributed by atoms with Gasteiger partial charge < -0.3 is 20.1 Å². The molecule has 37 heavy (non-hydrogen) atoms. The van der Waals surface area contributed by atoms with Gasteiger partial charge >= 0.3 is 6.09 Å². The third-order valence-corrected chi connectivity index (χ3v) is 6.62. The summed E-state index contributed by atoms with van der Waals surface area (Å²) in [4.78, 5) is 26.9. The molecule has 0 spiro atoms. The minimum atomic E-state index is -0.617. The molecule has 0 radical (unpaired) electrons. The van der Waals surface area contributed by atoms with Crippen LogP contribution >= 0.6 is 13.5 Å². The fraction of sp³-hybridized carbons (Fsp3) is 0.400. The molecule has 1 fully saturated rings. The number of piperidine rings is 1. The highest BCUT2D eigenvalue weighted by atomic mass is 32.1. The minimum absolute atomic E-state index is 0. The summed E-state index contributed by atoms with van der Waals surface area (Å²) >= 11 is 0. The van der Waals surface area contributed by atoms with Crippen LogP contribution in [0.3, 0.4) is 0 Å². The Labute approximate surface area is 226 Å². The summed E-state index contributed by atoms with van der Waals surface area (Å²) < 4.78 is 5.26. The van der Waals surface area contributed by atoms with E-state index in [0.29, 0.717) is 19.5 Å². The number of rotatable bonds is 5. The number of hydrogen-bond donors (Lipinski definition) is 2. The van der Waals surface area contributed by atoms with Crippen molar-refractivity contribution in [2.24, 2.45) is 0 Å². The second-order valence-electron chi connectivity index (χ2n) is 10.4. The molecule has 0 bridgehead atoms. The topological polar surface area (TPSA) is 78.9 Å². The Balaban J connectivity index is 0.00000380. The van der Waals surface area contributed by atoms with E-state index in [9.17, 15) is 14.7 Å². The number of carbonyl (C=O) groups excluding carboxylic acids is 2. The smallest absolute Gasteiger partial charge is 0.407 e. The Kier molecular flexibility index (Phi) is 9.62. The van der Waals surface area contributed by atoms with Crippen molar-refractivity contribution in [3.63, 3.8) is 0 Å². The van der Waals surface area contributed by atoms with Crippen molar-refractivity contribution in [1.82, 2.24) is 10.2 Å². The largest absolute Gasteiger partial charge is 0.444 e. The number of alkyl carbamates (subject to hydrolysis) is 1. The number of benzene rings is 2. The van der Waals surface area contributed by atoms with Crippen molar-refractivity contribution in [1.29, 1.82) is 0 Å². The van der Waals surface area contributed by atoms with Gasteiger partial charge in [-0.05, 0) is 67.9 Å². The molecule has 198 valence electrons. The highest BCUT2D eigenvalue weighted by molar-refractivity contribution is 7.59. The summed E-state index contributed by atoms with van der Waals surface area (Å²) in [7, 11) is 0. The highest BCUT2D eigenvalue weighted by Gasteiger charge is 2.25. The summed E-state index contributed by atoms with van der Waals surface area (Å²) in [5.41, 5.74) is 6.96. The number of aliphatic hydroxyl groups is 1. The van der Waals surface area contributed by atoms with Gasteiger partial charge in [-0.1, -0.05) is 66.3 Å². The SMILES string of the molecule is CC(C)(C)OC(=O)N[C@H](CO)CCC(=O)N1CCC(=C2c3ccccc3C=Cc3ccccc32)CC1.S. The minimum Gasteiger partial charge on any atom is -0.444 e. The van der Waals surface area contributed by atoms with Crippen LogP contribution in [-0.4, -0.2) is 53.3 Å². The van der Waals surface area contributed by atoms with Crippen molar-refractivity contribution < 1.29 is 19.4 Å². The van der Waals surface area contributed by atoms with E-state index in [1.54, 1.807) is 20.8 Å². The Morgan fingerprint density at radius 2 is 1.51 bits per heavy atom. The highest BCUT2D eigenvalue weighted by Crippen LogP contribution is 2.38. The van der Waals surface area contributed by atoms with Gasteiger partial charge in [-0.3, -0.25) is 4.79 Å². The number of nitrogens with one attached hydrogen (secondary N) is 1. The van der Waals surface area contributed by atoms with Crippen LogP contribution in [0.5, 0.6) is 0 Å². The van der Waals surface area contributed by atoms with Crippen molar-refractivity contribution in [3.05, 3.63) is 76.4 Å². The standard InChI is InChI=1S/C30H36N2O4.H2S/c1-30(2,3)36-29(35)31-24(20-33)14-15-27(34)32-18-16-23(17-19-32)28-25-10-6-4-8-21(25)12-13-22-9-5-7-11-26(22)28;/h4-13,24,33H,14-20H2,1-3H3,(H,31,35);1H2/t24-;/m0./s1. The zero-order valence-electron chi connectivity index (χ0n) is 21.9. The number of nitrogens with zero attached hydrogens (tertiary/aromatic N) is 1. The number of fused-ring (bicyclic) bond motifs is 2. The van der Waals surface area contributed by atoms with Gasteiger partial charge in [-0.2, -0.15) is 13.5 Å². The third-order valence-electron chi connectivity index (χ3n) is 6.62. The molecule has 2 aromatic carbocycles. The molecule has 7 heteroatoms. The number of hydrogen-bond acceptors (Lipinski definition) is 4. The van der Waals surface area contributed by atoms with Gasteiger partial charge in [-0.25, -0.2) is 4.79 Å². The lowest BCUT2D eigenvalue weighted by Crippen LogP contribution is -2.42. The summed E-state index contributed by atoms with van der Waals surface area (Å²) in [5, 5.41) is 12.3. The number of carbonyl (C=O) groups is 2. The van der Waals surface area contributed by atoms with E-state index in [4.69, 9.17) is 4.74 Å². The van der Waals surface area contributed by atoms with Crippen molar-refractivity contribution in [3.8, 4) is 0 Å². The van der Waals surface area contributed by atoms with Crippen molar-refractivity contribution in [2.45, 2.75) is 58.1 Å². The average molecular weight is 523 g/mol. The number of likely N-dealkylation sites (tertiary alicyclic amines) is 1. The Hall–Kier alpha value is -3.03. The van der Waals surface area contributed by atoms with Crippen molar-refractivity contribution >= 4 is 43.2 Å². The quantitative estimate of drug-likeness (QED) is 0.472. The second-order valence-corrected chi connectivity index (χ2v) is 10.4. The maximum absolute atomic E-state index is 12.9. The van der Waals surface area contributed by atoms with Crippen molar-refractivity contribution in [2.75, 3.05) is 19.7 Å². The maximum Gasteiger partial charge on any atom is 0.407 e. The predicted octanol–water partition coefficient (Wildman–Crippen LogP) is 5.37. The lowest BCUT2D eigenvalue weighted by atomic mass is 9.86. The molecule has 0 saturated carbocycles. The molecule has 1 heterocycles. The summed E-state index contributed by atoms with van der Waals surface area (Å²) in [6.45, 7) is 6.44. The van der Waals surface area contributed by atoms with Crippen LogP contribution in [0.15, 0.2) is 54.1 Å². The fourth-order valence-electron chi connectivity index (χ4n) is 4.86. The zero-order valence-corrected chi connectivity index (χ0v) is 22.9. The third kappa shape index (κ3) is 7.27. The Bertz CT molecular complexity index is 1120. The van der Waals surface area contributed by atoms with Crippen LogP contribution in [0.2, 0.25) is 0 Å². The Morgan fingerprint density at radius 3 is 2.03 bits per heavy atom. The van der Waals surface area contributed by atoms with E-state index >= 15 is 0 Å². The number of ether oxygens (including phenoxy) is 1. The zero-order chi connectivity index (χ0) is 25.7. The normalized spacial score (nSPS) is 15.6. The van der Waals surface area contributed by atoms with Crippen LogP contribution in [0.4, 0.5) is 4.79 Å². The van der Waals surface area contributed by atoms with Crippen LogP contribution in [0.1, 0.15) is 68.7 Å². The molecule has 0 aromatic heterocycles. The summed E-state index contributed by atoms with van der Waals surface area (Å²) in [5.74, 6) is 0.0480. The van der Waals surface area contributed by atoms with Gasteiger partial charge in [0.1, 0.15) is 5.60 Å². The molecule has 1 saturated heterocycles. The molecule has 1 atom stereocenters. The molecular formula is C30H38N2O4S. The van der Waals surface area contributed by atoms with E-state index in [1.165, 1.54) is 33.4 Å². The van der Waals surface area contributed by atoms with E-state index < -0.39 is 17.7 Å². The van der Waals surface area contributed by atoms with Crippen LogP contribution in [0.25, 0.3) is 17.7 Å². The number of aliphatic hydroxyl groups excluding tert-OH is 1. The summed E-state index contributed by atoms with van der Waals surface area (Å²) in [6, 6.07) is 16.5. The van der Waals surface area contributed by atoms with Gasteiger partial charge in [0.2, 0.25) is 5.91 Å². The Morgan fingerprint density at radius 1 is 0.973 bits per heavy atom. The molecule has 2 aliphatic rings. The monoisotopic (exact) mass is 522 g/mol. The first kappa shape index (κ1) is 28.5. The first-order valence-electron chi connectivity index (χ1n) is 12.7. The fourth-order valence-corrected chi connectivity index (χ4v) is 4.86. The van der Waals surface area contributed by atoms with Crippen LogP contribution in [0, 0.1) is 0 Å². The molecule has 2 amide bonds. The van der Waals surface area contributed by atoms with Gasteiger partial charge in [0.25, 0.3) is 0 Å².